The predicted molar refractivity (Wildman–Crippen MR) is 142 cm³/mol. The van der Waals surface area contributed by atoms with Crippen molar-refractivity contribution >= 4 is 17.6 Å². The molecule has 1 atom stereocenters. The Labute approximate surface area is 224 Å². The van der Waals surface area contributed by atoms with E-state index in [0.717, 1.165) is 38.9 Å². The van der Waals surface area contributed by atoms with Crippen LogP contribution in [0.3, 0.4) is 0 Å². The number of hydrogen-bond acceptors (Lipinski definition) is 8. The molecule has 0 amide bonds. The number of halogens is 1. The van der Waals surface area contributed by atoms with Crippen molar-refractivity contribution in [3.8, 4) is 28.3 Å². The van der Waals surface area contributed by atoms with E-state index in [9.17, 15) is 9.90 Å². The number of aliphatic carboxylic acids is 1. The van der Waals surface area contributed by atoms with Crippen molar-refractivity contribution < 1.29 is 29.3 Å². The van der Waals surface area contributed by atoms with Gasteiger partial charge in [0.1, 0.15) is 25.0 Å². The number of rotatable bonds is 11. The summed E-state index contributed by atoms with van der Waals surface area (Å²) >= 11 is 6.43. The van der Waals surface area contributed by atoms with Crippen molar-refractivity contribution in [1.29, 1.82) is 0 Å². The standard InChI is InChI=1S/C28H28ClN3O6/c1-16-19(15-37-25-10-9-18(11-23(25)29)12-30-24(13-33)28(35)36)5-3-6-20(16)21-7-4-8-22(17(21)2)27-32-31-26(14-34)38-27/h3-11,24,30,33-34H,12-15H2,1-2H3,(H,35,36)/t24-/m1/s1. The number of aromatic nitrogens is 2. The van der Waals surface area contributed by atoms with Crippen LogP contribution in [0.2, 0.25) is 5.02 Å². The van der Waals surface area contributed by atoms with E-state index >= 15 is 0 Å². The maximum Gasteiger partial charge on any atom is 0.323 e. The molecule has 4 aromatic rings. The molecule has 0 fully saturated rings. The van der Waals surface area contributed by atoms with E-state index < -0.39 is 18.6 Å². The monoisotopic (exact) mass is 537 g/mol. The summed E-state index contributed by atoms with van der Waals surface area (Å²) < 4.78 is 11.6. The summed E-state index contributed by atoms with van der Waals surface area (Å²) in [7, 11) is 0. The van der Waals surface area contributed by atoms with E-state index in [4.69, 9.17) is 31.0 Å². The SMILES string of the molecule is Cc1c(COc2ccc(CN[C@H](CO)C(=O)O)cc2Cl)cccc1-c1cccc(-c2nnc(CO)o2)c1C. The molecule has 0 aliphatic rings. The van der Waals surface area contributed by atoms with Crippen molar-refractivity contribution in [3.63, 3.8) is 0 Å². The first-order chi connectivity index (χ1) is 18.3. The van der Waals surface area contributed by atoms with Gasteiger partial charge in [-0.15, -0.1) is 10.2 Å². The normalized spacial score (nSPS) is 11.9. The van der Waals surface area contributed by atoms with Gasteiger partial charge in [-0.2, -0.15) is 0 Å². The fourth-order valence-corrected chi connectivity index (χ4v) is 4.37. The number of aliphatic hydroxyl groups excluding tert-OH is 2. The number of ether oxygens (including phenoxy) is 1. The Balaban J connectivity index is 1.51. The van der Waals surface area contributed by atoms with Crippen LogP contribution in [0.5, 0.6) is 5.75 Å². The molecule has 0 aliphatic carbocycles. The van der Waals surface area contributed by atoms with E-state index in [1.54, 1.807) is 18.2 Å². The molecule has 0 saturated carbocycles. The van der Waals surface area contributed by atoms with Crippen LogP contribution < -0.4 is 10.1 Å². The van der Waals surface area contributed by atoms with Crippen LogP contribution in [0, 0.1) is 13.8 Å². The van der Waals surface area contributed by atoms with Crippen LogP contribution in [0.1, 0.15) is 28.1 Å². The predicted octanol–water partition coefficient (Wildman–Crippen LogP) is 4.28. The molecule has 9 nitrogen and oxygen atoms in total. The summed E-state index contributed by atoms with van der Waals surface area (Å²) in [5.74, 6) is -0.0960. The van der Waals surface area contributed by atoms with Crippen molar-refractivity contribution in [3.05, 3.63) is 87.8 Å². The lowest BCUT2D eigenvalue weighted by Crippen LogP contribution is -2.39. The van der Waals surface area contributed by atoms with Crippen molar-refractivity contribution in [2.45, 2.75) is 39.6 Å². The number of aliphatic hydroxyl groups is 2. The summed E-state index contributed by atoms with van der Waals surface area (Å²) in [5.41, 5.74) is 6.63. The minimum atomic E-state index is -1.12. The van der Waals surface area contributed by atoms with E-state index in [2.05, 4.69) is 15.5 Å². The third-order valence-corrected chi connectivity index (χ3v) is 6.61. The Morgan fingerprint density at radius 2 is 1.74 bits per heavy atom. The summed E-state index contributed by atoms with van der Waals surface area (Å²) in [6.45, 7) is 3.74. The molecule has 0 unspecified atom stereocenters. The van der Waals surface area contributed by atoms with Crippen molar-refractivity contribution in [1.82, 2.24) is 15.5 Å². The number of hydrogen-bond donors (Lipinski definition) is 4. The molecule has 0 aliphatic heterocycles. The molecule has 10 heteroatoms. The number of nitrogens with zero attached hydrogens (tertiary/aromatic N) is 2. The maximum atomic E-state index is 11.1. The van der Waals surface area contributed by atoms with Gasteiger partial charge in [0.2, 0.25) is 11.8 Å². The highest BCUT2D eigenvalue weighted by Gasteiger charge is 2.17. The number of carbonyl (C=O) groups is 1. The Morgan fingerprint density at radius 1 is 1.03 bits per heavy atom. The van der Waals surface area contributed by atoms with Crippen LogP contribution in [-0.4, -0.2) is 44.1 Å². The van der Waals surface area contributed by atoms with Gasteiger partial charge in [-0.3, -0.25) is 10.1 Å². The Morgan fingerprint density at radius 3 is 2.39 bits per heavy atom. The van der Waals surface area contributed by atoms with E-state index in [1.165, 1.54) is 0 Å². The van der Waals surface area contributed by atoms with Gasteiger partial charge < -0.3 is 24.5 Å². The van der Waals surface area contributed by atoms with Gasteiger partial charge in [-0.25, -0.2) is 0 Å². The van der Waals surface area contributed by atoms with Crippen LogP contribution in [0.4, 0.5) is 0 Å². The zero-order valence-corrected chi connectivity index (χ0v) is 21.7. The molecular formula is C28H28ClN3O6. The maximum absolute atomic E-state index is 11.1. The average molecular weight is 538 g/mol. The number of carboxylic acid groups (broad SMARTS) is 1. The summed E-state index contributed by atoms with van der Waals surface area (Å²) in [5, 5.41) is 38.5. The van der Waals surface area contributed by atoms with Gasteiger partial charge in [0.05, 0.1) is 11.6 Å². The fourth-order valence-electron chi connectivity index (χ4n) is 4.11. The zero-order chi connectivity index (χ0) is 27.2. The lowest BCUT2D eigenvalue weighted by Gasteiger charge is -2.16. The molecule has 3 aromatic carbocycles. The van der Waals surface area contributed by atoms with Crippen LogP contribution >= 0.6 is 11.6 Å². The molecule has 1 aromatic heterocycles. The first-order valence-electron chi connectivity index (χ1n) is 11.9. The third kappa shape index (κ3) is 6.03. The first-order valence-corrected chi connectivity index (χ1v) is 12.3. The Bertz CT molecular complexity index is 1440. The molecule has 0 radical (unpaired) electrons. The second-order valence-electron chi connectivity index (χ2n) is 8.73. The number of carboxylic acids is 1. The fraction of sp³-hybridized carbons (Fsp3) is 0.250. The minimum Gasteiger partial charge on any atom is -0.487 e. The largest absolute Gasteiger partial charge is 0.487 e. The van der Waals surface area contributed by atoms with Crippen molar-refractivity contribution in [2.75, 3.05) is 6.61 Å². The summed E-state index contributed by atoms with van der Waals surface area (Å²) in [6, 6.07) is 16.1. The number of benzene rings is 3. The van der Waals surface area contributed by atoms with E-state index in [-0.39, 0.29) is 19.0 Å². The molecule has 0 saturated heterocycles. The molecule has 38 heavy (non-hydrogen) atoms. The third-order valence-electron chi connectivity index (χ3n) is 6.32. The highest BCUT2D eigenvalue weighted by molar-refractivity contribution is 6.32. The zero-order valence-electron chi connectivity index (χ0n) is 20.9. The Hall–Kier alpha value is -3.76. The molecule has 1 heterocycles. The molecule has 0 bridgehead atoms. The molecule has 4 rings (SSSR count). The summed E-state index contributed by atoms with van der Waals surface area (Å²) in [4.78, 5) is 11.1. The van der Waals surface area contributed by atoms with Gasteiger partial charge in [-0.1, -0.05) is 48.0 Å². The van der Waals surface area contributed by atoms with Gasteiger partial charge in [0.25, 0.3) is 0 Å². The average Bonchev–Trinajstić information content (AvgIpc) is 3.38. The smallest absolute Gasteiger partial charge is 0.323 e. The van der Waals surface area contributed by atoms with E-state index in [1.807, 2.05) is 50.2 Å². The van der Waals surface area contributed by atoms with Gasteiger partial charge >= 0.3 is 5.97 Å². The van der Waals surface area contributed by atoms with Gasteiger partial charge in [0.15, 0.2) is 0 Å². The van der Waals surface area contributed by atoms with Crippen LogP contribution in [-0.2, 0) is 24.6 Å². The molecule has 4 N–H and O–H groups in total. The first kappa shape index (κ1) is 27.3. The van der Waals surface area contributed by atoms with Crippen LogP contribution in [0.25, 0.3) is 22.6 Å². The van der Waals surface area contributed by atoms with Crippen molar-refractivity contribution in [2.24, 2.45) is 0 Å². The second kappa shape index (κ2) is 12.2. The summed E-state index contributed by atoms with van der Waals surface area (Å²) in [6.07, 6.45) is 0. The highest BCUT2D eigenvalue weighted by Crippen LogP contribution is 2.34. The molecule has 198 valence electrons. The Kier molecular flexibility index (Phi) is 8.75. The second-order valence-corrected chi connectivity index (χ2v) is 9.14. The molecular weight excluding hydrogens is 510 g/mol. The quantitative estimate of drug-likeness (QED) is 0.221. The van der Waals surface area contributed by atoms with E-state index in [0.29, 0.717) is 23.3 Å². The topological polar surface area (TPSA) is 138 Å². The minimum absolute atomic E-state index is 0.165. The highest BCUT2D eigenvalue weighted by atomic mass is 35.5. The van der Waals surface area contributed by atoms with Gasteiger partial charge in [0, 0.05) is 12.1 Å². The molecule has 0 spiro atoms. The van der Waals surface area contributed by atoms with Gasteiger partial charge in [-0.05, 0) is 65.4 Å². The van der Waals surface area contributed by atoms with Crippen LogP contribution in [0.15, 0.2) is 59.0 Å². The lowest BCUT2D eigenvalue weighted by molar-refractivity contribution is -0.140. The number of nitrogens with one attached hydrogen (secondary N) is 1. The lowest BCUT2D eigenvalue weighted by atomic mass is 9.91.